The summed E-state index contributed by atoms with van der Waals surface area (Å²) in [4.78, 5) is 22.9. The van der Waals surface area contributed by atoms with Crippen molar-refractivity contribution in [2.24, 2.45) is 0 Å². The summed E-state index contributed by atoms with van der Waals surface area (Å²) in [6.45, 7) is 0. The molecule has 0 heterocycles. The average molecular weight is 362 g/mol. The van der Waals surface area contributed by atoms with Crippen LogP contribution in [-0.2, 0) is 14.3 Å². The number of carbonyl (C=O) groups excluding carboxylic acids is 2. The topological polar surface area (TPSA) is 75.6 Å². The number of carbonyl (C=O) groups is 2. The van der Waals surface area contributed by atoms with E-state index in [1.54, 1.807) is 5.32 Å². The normalized spacial score (nSPS) is 15.5. The number of ether oxygens (including phenoxy) is 1. The van der Waals surface area contributed by atoms with Crippen LogP contribution in [0.2, 0.25) is 0 Å². The number of alkyl halides is 4. The first kappa shape index (κ1) is 19.1. The monoisotopic (exact) mass is 361 g/mol. The van der Waals surface area contributed by atoms with Crippen molar-refractivity contribution >= 4 is 29.2 Å². The fourth-order valence-corrected chi connectivity index (χ4v) is 1.76. The van der Waals surface area contributed by atoms with Crippen LogP contribution in [-0.4, -0.2) is 41.2 Å². The number of methoxy groups -OCH3 is 1. The summed E-state index contributed by atoms with van der Waals surface area (Å²) < 4.78 is 68.8. The van der Waals surface area contributed by atoms with Crippen molar-refractivity contribution in [3.63, 3.8) is 0 Å². The van der Waals surface area contributed by atoms with Crippen molar-refractivity contribution in [2.45, 2.75) is 17.2 Å². The molecule has 11 heteroatoms. The Morgan fingerprint density at radius 3 is 2.35 bits per heavy atom. The van der Waals surface area contributed by atoms with E-state index in [0.717, 1.165) is 0 Å². The Balaban J connectivity index is 3.14. The third-order valence-corrected chi connectivity index (χ3v) is 3.23. The molecule has 5 nitrogen and oxygen atoms in total. The van der Waals surface area contributed by atoms with Crippen molar-refractivity contribution in [1.29, 1.82) is 0 Å². The molecule has 1 amide bonds. The maximum absolute atomic E-state index is 13.3. The molecule has 0 saturated carbocycles. The number of halogens is 6. The van der Waals surface area contributed by atoms with Gasteiger partial charge in [-0.2, -0.15) is 13.2 Å². The zero-order valence-electron chi connectivity index (χ0n) is 11.2. The van der Waals surface area contributed by atoms with Crippen LogP contribution in [0.5, 0.6) is 0 Å². The van der Waals surface area contributed by atoms with Crippen LogP contribution in [0.4, 0.5) is 27.6 Å². The SMILES string of the molecule is COC(=O)[C@@](O)([C@H](Cl)C(=O)Nc1cc(F)ccc1F)C(F)(F)F. The third-order valence-electron chi connectivity index (χ3n) is 2.71. The standard InChI is InChI=1S/C12H9ClF5NO4/c1-23-10(21)11(22,12(16,17)18)8(13)9(20)19-7-4-5(14)2-3-6(7)15/h2-4,8,22H,1H3,(H,19,20)/t8-,11+/m1/s1. The van der Waals surface area contributed by atoms with Gasteiger partial charge in [0.15, 0.2) is 5.38 Å². The molecule has 128 valence electrons. The van der Waals surface area contributed by atoms with Crippen LogP contribution in [0.1, 0.15) is 0 Å². The second-order valence-electron chi connectivity index (χ2n) is 4.23. The lowest BCUT2D eigenvalue weighted by Crippen LogP contribution is -2.62. The Morgan fingerprint density at radius 2 is 1.87 bits per heavy atom. The van der Waals surface area contributed by atoms with Gasteiger partial charge in [0.25, 0.3) is 5.60 Å². The Hall–Kier alpha value is -1.94. The molecule has 0 radical (unpaired) electrons. The van der Waals surface area contributed by atoms with Crippen LogP contribution in [0.3, 0.4) is 0 Å². The fraction of sp³-hybridized carbons (Fsp3) is 0.333. The van der Waals surface area contributed by atoms with E-state index in [-0.39, 0.29) is 0 Å². The molecule has 1 aromatic rings. The summed E-state index contributed by atoms with van der Waals surface area (Å²) in [5, 5.41) is 8.13. The zero-order valence-corrected chi connectivity index (χ0v) is 12.0. The van der Waals surface area contributed by atoms with Gasteiger partial charge in [0.2, 0.25) is 5.91 Å². The fourth-order valence-electron chi connectivity index (χ4n) is 1.50. The quantitative estimate of drug-likeness (QED) is 0.488. The largest absolute Gasteiger partial charge is 0.467 e. The molecule has 0 aliphatic carbocycles. The van der Waals surface area contributed by atoms with Crippen LogP contribution in [0.25, 0.3) is 0 Å². The molecule has 0 unspecified atom stereocenters. The second kappa shape index (κ2) is 6.67. The van der Waals surface area contributed by atoms with E-state index in [4.69, 9.17) is 11.6 Å². The molecule has 23 heavy (non-hydrogen) atoms. The van der Waals surface area contributed by atoms with E-state index in [2.05, 4.69) is 4.74 Å². The number of esters is 1. The zero-order chi connectivity index (χ0) is 18.0. The minimum Gasteiger partial charge on any atom is -0.467 e. The number of anilines is 1. The van der Waals surface area contributed by atoms with Gasteiger partial charge >= 0.3 is 12.1 Å². The summed E-state index contributed by atoms with van der Waals surface area (Å²) in [6, 6.07) is 1.77. The van der Waals surface area contributed by atoms with Crippen LogP contribution in [0, 0.1) is 11.6 Å². The summed E-state index contributed by atoms with van der Waals surface area (Å²) in [5.74, 6) is -6.19. The minimum absolute atomic E-state index is 0.474. The molecule has 0 aromatic heterocycles. The number of hydrogen-bond donors (Lipinski definition) is 2. The molecule has 2 N–H and O–H groups in total. The molecule has 0 aliphatic rings. The first-order valence-corrected chi connectivity index (χ1v) is 6.16. The van der Waals surface area contributed by atoms with Gasteiger partial charge in [-0.1, -0.05) is 0 Å². The van der Waals surface area contributed by atoms with Crippen molar-refractivity contribution < 1.29 is 41.4 Å². The Kier molecular flexibility index (Phi) is 5.54. The lowest BCUT2D eigenvalue weighted by molar-refractivity contribution is -0.260. The van der Waals surface area contributed by atoms with E-state index < -0.39 is 46.4 Å². The van der Waals surface area contributed by atoms with Gasteiger partial charge in [-0.25, -0.2) is 13.6 Å². The van der Waals surface area contributed by atoms with Gasteiger partial charge in [-0.05, 0) is 12.1 Å². The lowest BCUT2D eigenvalue weighted by Gasteiger charge is -2.30. The van der Waals surface area contributed by atoms with Crippen molar-refractivity contribution in [1.82, 2.24) is 0 Å². The molecule has 0 spiro atoms. The number of rotatable bonds is 4. The number of amides is 1. The Bertz CT molecular complexity index is 624. The van der Waals surface area contributed by atoms with Crippen molar-refractivity contribution in [3.05, 3.63) is 29.8 Å². The van der Waals surface area contributed by atoms with E-state index >= 15 is 0 Å². The number of benzene rings is 1. The highest BCUT2D eigenvalue weighted by Crippen LogP contribution is 2.37. The molecule has 2 atom stereocenters. The molecule has 1 rings (SSSR count). The third kappa shape index (κ3) is 3.70. The van der Waals surface area contributed by atoms with Gasteiger partial charge in [0, 0.05) is 6.07 Å². The van der Waals surface area contributed by atoms with Gasteiger partial charge in [-0.3, -0.25) is 4.79 Å². The lowest BCUT2D eigenvalue weighted by atomic mass is 9.97. The maximum Gasteiger partial charge on any atom is 0.430 e. The highest BCUT2D eigenvalue weighted by molar-refractivity contribution is 6.35. The van der Waals surface area contributed by atoms with Gasteiger partial charge in [0.1, 0.15) is 11.6 Å². The van der Waals surface area contributed by atoms with Crippen LogP contribution < -0.4 is 5.32 Å². The highest BCUT2D eigenvalue weighted by atomic mass is 35.5. The van der Waals surface area contributed by atoms with Gasteiger partial charge in [-0.15, -0.1) is 11.6 Å². The molecule has 0 fully saturated rings. The van der Waals surface area contributed by atoms with Crippen molar-refractivity contribution in [2.75, 3.05) is 12.4 Å². The number of nitrogens with one attached hydrogen (secondary N) is 1. The Morgan fingerprint density at radius 1 is 1.30 bits per heavy atom. The maximum atomic E-state index is 13.3. The van der Waals surface area contributed by atoms with E-state index in [1.807, 2.05) is 0 Å². The summed E-state index contributed by atoms with van der Waals surface area (Å²) >= 11 is 5.24. The highest BCUT2D eigenvalue weighted by Gasteiger charge is 2.67. The van der Waals surface area contributed by atoms with E-state index in [9.17, 15) is 36.6 Å². The van der Waals surface area contributed by atoms with Crippen LogP contribution in [0.15, 0.2) is 18.2 Å². The molecule has 1 aromatic carbocycles. The van der Waals surface area contributed by atoms with Gasteiger partial charge in [0.05, 0.1) is 12.8 Å². The van der Waals surface area contributed by atoms with Crippen LogP contribution >= 0.6 is 11.6 Å². The smallest absolute Gasteiger partial charge is 0.430 e. The number of aliphatic hydroxyl groups is 1. The van der Waals surface area contributed by atoms with E-state index in [1.165, 1.54) is 0 Å². The van der Waals surface area contributed by atoms with Crippen molar-refractivity contribution in [3.8, 4) is 0 Å². The predicted octanol–water partition coefficient (Wildman–Crippen LogP) is 1.98. The molecular weight excluding hydrogens is 353 g/mol. The summed E-state index contributed by atoms with van der Waals surface area (Å²) in [7, 11) is 0.535. The first-order chi connectivity index (χ1) is 10.4. The molecular formula is C12H9ClF5NO4. The van der Waals surface area contributed by atoms with Gasteiger partial charge < -0.3 is 15.2 Å². The average Bonchev–Trinajstić information content (AvgIpc) is 2.47. The molecule has 0 aliphatic heterocycles. The second-order valence-corrected chi connectivity index (χ2v) is 4.67. The number of hydrogen-bond acceptors (Lipinski definition) is 4. The summed E-state index contributed by atoms with van der Waals surface area (Å²) in [6.07, 6.45) is -5.66. The minimum atomic E-state index is -5.66. The van der Waals surface area contributed by atoms with E-state index in [0.29, 0.717) is 25.3 Å². The Labute approximate surface area is 131 Å². The first-order valence-electron chi connectivity index (χ1n) is 5.72. The summed E-state index contributed by atoms with van der Waals surface area (Å²) in [5.41, 5.74) is -5.20. The predicted molar refractivity (Wildman–Crippen MR) is 67.6 cm³/mol. The molecule has 0 saturated heterocycles. The molecule has 0 bridgehead atoms.